The van der Waals surface area contributed by atoms with Gasteiger partial charge < -0.3 is 15.3 Å². The Labute approximate surface area is 138 Å². The van der Waals surface area contributed by atoms with Crippen LogP contribution in [-0.4, -0.2) is 44.9 Å². The lowest BCUT2D eigenvalue weighted by Gasteiger charge is -2.26. The summed E-state index contributed by atoms with van der Waals surface area (Å²) in [5.41, 5.74) is 0.544. The van der Waals surface area contributed by atoms with Gasteiger partial charge in [-0.1, -0.05) is 13.8 Å². The highest BCUT2D eigenvalue weighted by atomic mass is 32.1. The van der Waals surface area contributed by atoms with Crippen LogP contribution in [-0.2, 0) is 20.8 Å². The van der Waals surface area contributed by atoms with E-state index in [2.05, 4.69) is 10.3 Å². The number of nitrogens with one attached hydrogen (secondary N) is 1. The third-order valence-corrected chi connectivity index (χ3v) is 4.45. The summed E-state index contributed by atoms with van der Waals surface area (Å²) >= 11 is 1.26. The van der Waals surface area contributed by atoms with Crippen LogP contribution < -0.4 is 5.32 Å². The van der Waals surface area contributed by atoms with Gasteiger partial charge in [0, 0.05) is 17.3 Å². The van der Waals surface area contributed by atoms with Crippen molar-refractivity contribution in [1.29, 1.82) is 0 Å². The summed E-state index contributed by atoms with van der Waals surface area (Å²) in [5, 5.41) is 14.0. The van der Waals surface area contributed by atoms with E-state index in [9.17, 15) is 14.4 Å². The number of aromatic nitrogens is 1. The fraction of sp³-hybridized carbons (Fsp3) is 0.600. The first-order valence-corrected chi connectivity index (χ1v) is 8.46. The number of hydrogen-bond acceptors (Lipinski definition) is 5. The Kier molecular flexibility index (Phi) is 5.35. The number of amides is 2. The average molecular weight is 339 g/mol. The number of carboxylic acids is 1. The first-order valence-electron chi connectivity index (χ1n) is 7.58. The number of rotatable bonds is 7. The molecule has 1 heterocycles. The van der Waals surface area contributed by atoms with Crippen molar-refractivity contribution in [3.8, 4) is 0 Å². The maximum Gasteiger partial charge on any atom is 0.326 e. The molecule has 1 saturated carbocycles. The zero-order chi connectivity index (χ0) is 17.1. The van der Waals surface area contributed by atoms with Gasteiger partial charge in [-0.2, -0.15) is 0 Å². The van der Waals surface area contributed by atoms with Crippen LogP contribution in [0.5, 0.6) is 0 Å². The molecule has 126 valence electrons. The van der Waals surface area contributed by atoms with Gasteiger partial charge in [-0.05, 0) is 19.8 Å². The number of thiazole rings is 1. The van der Waals surface area contributed by atoms with Crippen molar-refractivity contribution in [2.24, 2.45) is 5.92 Å². The molecule has 0 bridgehead atoms. The van der Waals surface area contributed by atoms with Crippen molar-refractivity contribution in [1.82, 2.24) is 9.88 Å². The molecule has 1 aliphatic carbocycles. The number of carbonyl (C=O) groups excluding carboxylic acids is 2. The van der Waals surface area contributed by atoms with Crippen LogP contribution in [0.4, 0.5) is 5.13 Å². The molecule has 1 aromatic rings. The molecule has 8 heteroatoms. The molecule has 2 amide bonds. The molecular formula is C15H21N3O4S. The molecule has 1 fully saturated rings. The van der Waals surface area contributed by atoms with Gasteiger partial charge >= 0.3 is 5.97 Å². The smallest absolute Gasteiger partial charge is 0.326 e. The Balaban J connectivity index is 2.00. The van der Waals surface area contributed by atoms with Gasteiger partial charge in [0.05, 0.1) is 12.1 Å². The summed E-state index contributed by atoms with van der Waals surface area (Å²) in [6.07, 6.45) is 1.73. The zero-order valence-corrected chi connectivity index (χ0v) is 14.2. The maximum absolute atomic E-state index is 12.4. The average Bonchev–Trinajstić information content (AvgIpc) is 3.20. The first kappa shape index (κ1) is 17.4. The van der Waals surface area contributed by atoms with E-state index in [4.69, 9.17) is 5.11 Å². The largest absolute Gasteiger partial charge is 0.480 e. The molecule has 0 spiro atoms. The van der Waals surface area contributed by atoms with Gasteiger partial charge in [-0.25, -0.2) is 9.78 Å². The number of hydrogen-bond donors (Lipinski definition) is 2. The van der Waals surface area contributed by atoms with Crippen LogP contribution in [0.1, 0.15) is 39.3 Å². The van der Waals surface area contributed by atoms with Crippen LogP contribution in [0.3, 0.4) is 0 Å². The molecule has 1 aliphatic rings. The van der Waals surface area contributed by atoms with Crippen molar-refractivity contribution in [3.63, 3.8) is 0 Å². The van der Waals surface area contributed by atoms with Crippen molar-refractivity contribution in [2.75, 3.05) is 5.32 Å². The Morgan fingerprint density at radius 1 is 1.39 bits per heavy atom. The molecule has 0 aliphatic heterocycles. The first-order chi connectivity index (χ1) is 10.8. The second-order valence-electron chi connectivity index (χ2n) is 6.01. The highest BCUT2D eigenvalue weighted by molar-refractivity contribution is 7.13. The van der Waals surface area contributed by atoms with Crippen LogP contribution >= 0.6 is 11.3 Å². The standard InChI is InChI=1S/C15H21N3O4S/c1-8(2)13(20)17-15-16-10(7-23-15)6-12(19)18(11-4-5-11)9(3)14(21)22/h7-9,11H,4-6H2,1-3H3,(H,21,22)(H,16,17,20). The summed E-state index contributed by atoms with van der Waals surface area (Å²) in [4.78, 5) is 40.9. The molecule has 0 saturated heterocycles. The monoisotopic (exact) mass is 339 g/mol. The Morgan fingerprint density at radius 3 is 2.57 bits per heavy atom. The third-order valence-electron chi connectivity index (χ3n) is 3.64. The fourth-order valence-electron chi connectivity index (χ4n) is 2.15. The lowest BCUT2D eigenvalue weighted by atomic mass is 10.2. The van der Waals surface area contributed by atoms with E-state index in [0.29, 0.717) is 10.8 Å². The second-order valence-corrected chi connectivity index (χ2v) is 6.87. The highest BCUT2D eigenvalue weighted by Crippen LogP contribution is 2.29. The summed E-state index contributed by atoms with van der Waals surface area (Å²) < 4.78 is 0. The highest BCUT2D eigenvalue weighted by Gasteiger charge is 2.38. The quantitative estimate of drug-likeness (QED) is 0.788. The van der Waals surface area contributed by atoms with E-state index in [1.165, 1.54) is 23.2 Å². The van der Waals surface area contributed by atoms with E-state index in [1.54, 1.807) is 19.2 Å². The van der Waals surface area contributed by atoms with Crippen LogP contribution in [0.25, 0.3) is 0 Å². The molecule has 2 N–H and O–H groups in total. The molecule has 0 aromatic carbocycles. The molecule has 2 rings (SSSR count). The predicted octanol–water partition coefficient (Wildman–Crippen LogP) is 1.74. The minimum Gasteiger partial charge on any atom is -0.480 e. The summed E-state index contributed by atoms with van der Waals surface area (Å²) in [5.74, 6) is -1.52. The fourth-order valence-corrected chi connectivity index (χ4v) is 2.86. The van der Waals surface area contributed by atoms with E-state index >= 15 is 0 Å². The molecule has 0 radical (unpaired) electrons. The lowest BCUT2D eigenvalue weighted by molar-refractivity contribution is -0.149. The van der Waals surface area contributed by atoms with Gasteiger partial charge in [-0.15, -0.1) is 11.3 Å². The molecule has 7 nitrogen and oxygen atoms in total. The van der Waals surface area contributed by atoms with Gasteiger partial charge in [0.15, 0.2) is 5.13 Å². The van der Waals surface area contributed by atoms with Crippen LogP contribution in [0.2, 0.25) is 0 Å². The molecule has 1 atom stereocenters. The van der Waals surface area contributed by atoms with E-state index in [0.717, 1.165) is 12.8 Å². The predicted molar refractivity (Wildman–Crippen MR) is 86.3 cm³/mol. The lowest BCUT2D eigenvalue weighted by Crippen LogP contribution is -2.45. The van der Waals surface area contributed by atoms with Crippen LogP contribution in [0, 0.1) is 5.92 Å². The Hall–Kier alpha value is -1.96. The third kappa shape index (κ3) is 4.51. The van der Waals surface area contributed by atoms with Gasteiger partial charge in [-0.3, -0.25) is 9.59 Å². The molecule has 1 unspecified atom stereocenters. The van der Waals surface area contributed by atoms with Gasteiger partial charge in [0.2, 0.25) is 11.8 Å². The number of carbonyl (C=O) groups is 3. The van der Waals surface area contributed by atoms with Crippen molar-refractivity contribution in [2.45, 2.75) is 52.1 Å². The van der Waals surface area contributed by atoms with Crippen LogP contribution in [0.15, 0.2) is 5.38 Å². The molecule has 1 aromatic heterocycles. The summed E-state index contributed by atoms with van der Waals surface area (Å²) in [7, 11) is 0. The van der Waals surface area contributed by atoms with E-state index in [-0.39, 0.29) is 30.2 Å². The minimum absolute atomic E-state index is 0.0207. The summed E-state index contributed by atoms with van der Waals surface area (Å²) in [6.45, 7) is 5.09. The number of anilines is 1. The number of carboxylic acid groups (broad SMARTS) is 1. The molecule has 23 heavy (non-hydrogen) atoms. The molecular weight excluding hydrogens is 318 g/mol. The zero-order valence-electron chi connectivity index (χ0n) is 13.4. The van der Waals surface area contributed by atoms with Gasteiger partial charge in [0.1, 0.15) is 6.04 Å². The SMILES string of the molecule is CC(C)C(=O)Nc1nc(CC(=O)N(C2CC2)C(C)C(=O)O)cs1. The maximum atomic E-state index is 12.4. The number of aliphatic carboxylic acids is 1. The topological polar surface area (TPSA) is 99.6 Å². The van der Waals surface area contributed by atoms with Crippen molar-refractivity contribution in [3.05, 3.63) is 11.1 Å². The normalized spacial score (nSPS) is 15.3. The Bertz CT molecular complexity index is 610. The van der Waals surface area contributed by atoms with E-state index in [1.807, 2.05) is 0 Å². The van der Waals surface area contributed by atoms with Crippen molar-refractivity contribution < 1.29 is 19.5 Å². The van der Waals surface area contributed by atoms with Gasteiger partial charge in [0.25, 0.3) is 0 Å². The second kappa shape index (κ2) is 7.08. The van der Waals surface area contributed by atoms with E-state index < -0.39 is 12.0 Å². The Morgan fingerprint density at radius 2 is 2.04 bits per heavy atom. The summed E-state index contributed by atoms with van der Waals surface area (Å²) in [6, 6.07) is -0.818. The van der Waals surface area contributed by atoms with Crippen molar-refractivity contribution >= 4 is 34.3 Å². The number of nitrogens with zero attached hydrogens (tertiary/aromatic N) is 2. The minimum atomic E-state index is -1.01.